The molecule has 0 aliphatic carbocycles. The second-order valence-corrected chi connectivity index (χ2v) is 4.25. The largest absolute Gasteiger partial charge is 0.411 e. The predicted molar refractivity (Wildman–Crippen MR) is 65.9 cm³/mol. The molecule has 3 rings (SSSR count). The van der Waals surface area contributed by atoms with Crippen molar-refractivity contribution in [2.24, 2.45) is 5.16 Å². The molecule has 0 fully saturated rings. The molecule has 2 aromatic rings. The molecule has 0 unspecified atom stereocenters. The van der Waals surface area contributed by atoms with Crippen LogP contribution in [0.3, 0.4) is 0 Å². The Labute approximate surface area is 97.8 Å². The van der Waals surface area contributed by atoms with Gasteiger partial charge in [0.2, 0.25) is 0 Å². The summed E-state index contributed by atoms with van der Waals surface area (Å²) in [6.45, 7) is 0.767. The first-order chi connectivity index (χ1) is 8.31. The highest BCUT2D eigenvalue weighted by molar-refractivity contribution is 5.99. The van der Waals surface area contributed by atoms with Gasteiger partial charge >= 0.3 is 0 Å². The summed E-state index contributed by atoms with van der Waals surface area (Å²) in [5.41, 5.74) is 2.83. The maximum Gasteiger partial charge on any atom is 0.251 e. The van der Waals surface area contributed by atoms with Gasteiger partial charge in [-0.1, -0.05) is 23.4 Å². The Morgan fingerprint density at radius 3 is 3.12 bits per heavy atom. The highest BCUT2D eigenvalue weighted by Gasteiger charge is 2.15. The minimum Gasteiger partial charge on any atom is -0.411 e. The summed E-state index contributed by atoms with van der Waals surface area (Å²) in [5.74, 6) is 0. The Morgan fingerprint density at radius 1 is 1.41 bits per heavy atom. The van der Waals surface area contributed by atoms with Gasteiger partial charge in [0.05, 0.1) is 11.7 Å². The zero-order valence-electron chi connectivity index (χ0n) is 9.26. The molecule has 4 nitrogen and oxygen atoms in total. The molecule has 86 valence electrons. The summed E-state index contributed by atoms with van der Waals surface area (Å²) in [6.07, 6.45) is 3.31. The number of hydrogen-bond acceptors (Lipinski definition) is 3. The molecule has 0 atom stereocenters. The molecule has 0 bridgehead atoms. The van der Waals surface area contributed by atoms with E-state index in [0.29, 0.717) is 5.56 Å². The molecule has 17 heavy (non-hydrogen) atoms. The molecule has 0 saturated heterocycles. The SMILES string of the molecule is O=c1cc(/C=N/O)c2cccc3c2n1CCC3. The number of rotatable bonds is 1. The summed E-state index contributed by atoms with van der Waals surface area (Å²) in [4.78, 5) is 12.0. The second-order valence-electron chi connectivity index (χ2n) is 4.25. The number of para-hydroxylation sites is 1. The van der Waals surface area contributed by atoms with Gasteiger partial charge in [0, 0.05) is 23.6 Å². The highest BCUT2D eigenvalue weighted by Crippen LogP contribution is 2.24. The fourth-order valence-electron chi connectivity index (χ4n) is 2.56. The predicted octanol–water partition coefficient (Wildman–Crippen LogP) is 1.76. The van der Waals surface area contributed by atoms with Crippen molar-refractivity contribution >= 4 is 17.1 Å². The molecule has 0 saturated carbocycles. The summed E-state index contributed by atoms with van der Waals surface area (Å²) < 4.78 is 1.81. The van der Waals surface area contributed by atoms with Gasteiger partial charge in [-0.2, -0.15) is 0 Å². The van der Waals surface area contributed by atoms with Gasteiger partial charge in [0.1, 0.15) is 0 Å². The fraction of sp³-hybridized carbons (Fsp3) is 0.231. The summed E-state index contributed by atoms with van der Waals surface area (Å²) in [6, 6.07) is 7.51. The van der Waals surface area contributed by atoms with Crippen molar-refractivity contribution in [1.82, 2.24) is 4.57 Å². The quantitative estimate of drug-likeness (QED) is 0.459. The third kappa shape index (κ3) is 1.45. The normalized spacial score (nSPS) is 14.6. The van der Waals surface area contributed by atoms with Crippen LogP contribution in [0.15, 0.2) is 34.2 Å². The Hall–Kier alpha value is -2.10. The van der Waals surface area contributed by atoms with Crippen molar-refractivity contribution in [3.05, 3.63) is 45.7 Å². The lowest BCUT2D eigenvalue weighted by Gasteiger charge is -2.19. The zero-order valence-corrected chi connectivity index (χ0v) is 9.26. The van der Waals surface area contributed by atoms with E-state index < -0.39 is 0 Å². The van der Waals surface area contributed by atoms with Crippen LogP contribution in [0, 0.1) is 0 Å². The molecule has 1 aromatic carbocycles. The van der Waals surface area contributed by atoms with E-state index in [-0.39, 0.29) is 5.56 Å². The van der Waals surface area contributed by atoms with Crippen molar-refractivity contribution in [3.63, 3.8) is 0 Å². The van der Waals surface area contributed by atoms with Crippen LogP contribution in [0.25, 0.3) is 10.9 Å². The lowest BCUT2D eigenvalue weighted by molar-refractivity contribution is 0.322. The van der Waals surface area contributed by atoms with Crippen LogP contribution >= 0.6 is 0 Å². The topological polar surface area (TPSA) is 54.6 Å². The molecule has 4 heteroatoms. The number of hydrogen-bond donors (Lipinski definition) is 1. The van der Waals surface area contributed by atoms with Crippen molar-refractivity contribution in [2.75, 3.05) is 0 Å². The van der Waals surface area contributed by atoms with E-state index in [4.69, 9.17) is 5.21 Å². The minimum atomic E-state index is -0.0282. The number of nitrogens with zero attached hydrogens (tertiary/aromatic N) is 2. The molecule has 2 heterocycles. The molecule has 0 amide bonds. The van der Waals surface area contributed by atoms with Crippen LogP contribution in [0.5, 0.6) is 0 Å². The van der Waals surface area contributed by atoms with Gasteiger partial charge in [-0.15, -0.1) is 0 Å². The monoisotopic (exact) mass is 228 g/mol. The zero-order chi connectivity index (χ0) is 11.8. The van der Waals surface area contributed by atoms with Gasteiger partial charge < -0.3 is 9.77 Å². The first-order valence-electron chi connectivity index (χ1n) is 5.64. The van der Waals surface area contributed by atoms with E-state index in [2.05, 4.69) is 11.2 Å². The van der Waals surface area contributed by atoms with Crippen molar-refractivity contribution in [2.45, 2.75) is 19.4 Å². The maximum atomic E-state index is 12.0. The highest BCUT2D eigenvalue weighted by atomic mass is 16.4. The van der Waals surface area contributed by atoms with E-state index >= 15 is 0 Å². The fourth-order valence-corrected chi connectivity index (χ4v) is 2.56. The van der Waals surface area contributed by atoms with Gasteiger partial charge in [-0.3, -0.25) is 4.79 Å². The van der Waals surface area contributed by atoms with Crippen LogP contribution in [-0.4, -0.2) is 16.0 Å². The first-order valence-corrected chi connectivity index (χ1v) is 5.64. The van der Waals surface area contributed by atoms with E-state index in [1.54, 1.807) is 0 Å². The van der Waals surface area contributed by atoms with Gasteiger partial charge in [-0.25, -0.2) is 0 Å². The van der Waals surface area contributed by atoms with Crippen LogP contribution in [0.2, 0.25) is 0 Å². The van der Waals surface area contributed by atoms with Gasteiger partial charge in [0.15, 0.2) is 0 Å². The Kier molecular flexibility index (Phi) is 2.21. The van der Waals surface area contributed by atoms with E-state index in [1.807, 2.05) is 16.7 Å². The third-order valence-electron chi connectivity index (χ3n) is 3.27. The van der Waals surface area contributed by atoms with E-state index in [9.17, 15) is 4.79 Å². The number of benzene rings is 1. The molecular weight excluding hydrogens is 216 g/mol. The van der Waals surface area contributed by atoms with Crippen LogP contribution in [0.1, 0.15) is 17.5 Å². The number of aryl methyl sites for hydroxylation is 2. The molecule has 1 aliphatic heterocycles. The molecule has 0 radical (unpaired) electrons. The van der Waals surface area contributed by atoms with Gasteiger partial charge in [-0.05, 0) is 18.4 Å². The van der Waals surface area contributed by atoms with Gasteiger partial charge in [0.25, 0.3) is 5.56 Å². The van der Waals surface area contributed by atoms with Crippen molar-refractivity contribution in [1.29, 1.82) is 0 Å². The summed E-state index contributed by atoms with van der Waals surface area (Å²) in [5, 5.41) is 12.6. The number of oxime groups is 1. The van der Waals surface area contributed by atoms with Crippen LogP contribution < -0.4 is 5.56 Å². The number of aromatic nitrogens is 1. The molecule has 0 spiro atoms. The maximum absolute atomic E-state index is 12.0. The summed E-state index contributed by atoms with van der Waals surface area (Å²) >= 11 is 0. The molecular formula is C13H12N2O2. The van der Waals surface area contributed by atoms with Crippen LogP contribution in [0.4, 0.5) is 0 Å². The lowest BCUT2D eigenvalue weighted by atomic mass is 9.99. The standard InChI is InChI=1S/C13H12N2O2/c16-12-7-10(8-14-17)11-5-1-3-9-4-2-6-15(12)13(9)11/h1,3,5,7-8,17H,2,4,6H2/b14-8+. The molecule has 1 aromatic heterocycles. The average Bonchev–Trinajstić information content (AvgIpc) is 2.35. The number of pyridine rings is 1. The average molecular weight is 228 g/mol. The Morgan fingerprint density at radius 2 is 2.29 bits per heavy atom. The van der Waals surface area contributed by atoms with Crippen molar-refractivity contribution < 1.29 is 5.21 Å². The lowest BCUT2D eigenvalue weighted by Crippen LogP contribution is -2.24. The first kappa shape index (κ1) is 10.1. The molecule has 1 aliphatic rings. The minimum absolute atomic E-state index is 0.0282. The van der Waals surface area contributed by atoms with Crippen LogP contribution in [-0.2, 0) is 13.0 Å². The third-order valence-corrected chi connectivity index (χ3v) is 3.27. The van der Waals surface area contributed by atoms with E-state index in [0.717, 1.165) is 30.3 Å². The smallest absolute Gasteiger partial charge is 0.251 e. The Bertz CT molecular complexity index is 671. The van der Waals surface area contributed by atoms with Crippen molar-refractivity contribution in [3.8, 4) is 0 Å². The van der Waals surface area contributed by atoms with E-state index in [1.165, 1.54) is 17.8 Å². The summed E-state index contributed by atoms with van der Waals surface area (Å²) in [7, 11) is 0. The second kappa shape index (κ2) is 3.73. The Balaban J connectivity index is 2.50. The molecule has 1 N–H and O–H groups in total.